The molecule has 0 aliphatic rings. The molecule has 0 aliphatic heterocycles. The van der Waals surface area contributed by atoms with Gasteiger partial charge < -0.3 is 15.5 Å². The number of aromatic nitrogens is 2. The van der Waals surface area contributed by atoms with E-state index in [1.807, 2.05) is 0 Å². The fraction of sp³-hybridized carbons (Fsp3) is 0.353. The van der Waals surface area contributed by atoms with Gasteiger partial charge in [0.2, 0.25) is 0 Å². The molecule has 1 amide bonds. The molecule has 0 fully saturated rings. The average Bonchev–Trinajstić information content (AvgIpc) is 2.69. The third-order valence-corrected chi connectivity index (χ3v) is 5.78. The van der Waals surface area contributed by atoms with Gasteiger partial charge in [0.25, 0.3) is 11.5 Å². The molecular weight excluding hydrogens is 463 g/mol. The molecule has 170 valence electrons. The lowest BCUT2D eigenvalue weighted by Crippen LogP contribution is -2.30. The summed E-state index contributed by atoms with van der Waals surface area (Å²) in [6, 6.07) is 6.88. The van der Waals surface area contributed by atoms with Gasteiger partial charge in [-0.2, -0.15) is 18.3 Å². The molecule has 1 aromatic carbocycles. The summed E-state index contributed by atoms with van der Waals surface area (Å²) in [7, 11) is 4.48. The topological polar surface area (TPSA) is 139 Å². The number of carbonyl (C=O) groups excluding carboxylic acids is 1. The molecule has 0 saturated carbocycles. The number of nitrogens with zero attached hydrogens (tertiary/aromatic N) is 2. The van der Waals surface area contributed by atoms with Gasteiger partial charge in [-0.25, -0.2) is 9.48 Å². The Kier molecular flexibility index (Phi) is 10.3. The van der Waals surface area contributed by atoms with E-state index >= 15 is 0 Å². The maximum Gasteiger partial charge on any atom is 0.490 e. The standard InChI is InChI=1S/C15H17N3O4S2.C2HF3O2/c1-18-15(22)11-5-3-2-4-10(11)13(17-18)14(21)16-7-9-24-23-8-6-12(19)20;3-2(4,5)1(6)7/h2-5H,6-9H2,1H3,(H,16,21)(H,19,20);(H,6,7). The number of hydrogen-bond acceptors (Lipinski definition) is 7. The van der Waals surface area contributed by atoms with Gasteiger partial charge in [0.1, 0.15) is 0 Å². The van der Waals surface area contributed by atoms with E-state index in [1.54, 1.807) is 24.3 Å². The predicted octanol–water partition coefficient (Wildman–Crippen LogP) is 2.15. The summed E-state index contributed by atoms with van der Waals surface area (Å²) in [6.45, 7) is 0.433. The van der Waals surface area contributed by atoms with Crippen LogP contribution in [0.2, 0.25) is 0 Å². The summed E-state index contributed by atoms with van der Waals surface area (Å²) in [5.74, 6) is -2.73. The Balaban J connectivity index is 0.000000592. The zero-order valence-corrected chi connectivity index (χ0v) is 17.6. The van der Waals surface area contributed by atoms with Crippen molar-refractivity contribution in [1.29, 1.82) is 0 Å². The second-order valence-electron chi connectivity index (χ2n) is 5.67. The number of carboxylic acids is 2. The number of rotatable bonds is 8. The van der Waals surface area contributed by atoms with Gasteiger partial charge in [-0.15, -0.1) is 0 Å². The summed E-state index contributed by atoms with van der Waals surface area (Å²) in [5.41, 5.74) is -0.0243. The van der Waals surface area contributed by atoms with Gasteiger partial charge in [0.05, 0.1) is 11.8 Å². The van der Waals surface area contributed by atoms with Crippen molar-refractivity contribution in [2.75, 3.05) is 18.1 Å². The molecule has 31 heavy (non-hydrogen) atoms. The predicted molar refractivity (Wildman–Crippen MR) is 110 cm³/mol. The monoisotopic (exact) mass is 481 g/mol. The van der Waals surface area contributed by atoms with Crippen LogP contribution in [0.3, 0.4) is 0 Å². The number of alkyl halides is 3. The molecule has 9 nitrogen and oxygen atoms in total. The first kappa shape index (κ1) is 26.3. The van der Waals surface area contributed by atoms with Gasteiger partial charge >= 0.3 is 18.1 Å². The van der Waals surface area contributed by atoms with E-state index in [0.29, 0.717) is 28.8 Å². The van der Waals surface area contributed by atoms with Gasteiger partial charge in [-0.05, 0) is 6.07 Å². The van der Waals surface area contributed by atoms with Crippen molar-refractivity contribution in [1.82, 2.24) is 15.1 Å². The SMILES string of the molecule is Cn1nc(C(=O)NCCSSCCC(=O)O)c2ccccc2c1=O.O=C(O)C(F)(F)F. The Morgan fingerprint density at radius 2 is 1.65 bits per heavy atom. The minimum atomic E-state index is -5.08. The lowest BCUT2D eigenvalue weighted by Gasteiger charge is -2.08. The number of halogens is 3. The van der Waals surface area contributed by atoms with Crippen LogP contribution in [0.25, 0.3) is 10.8 Å². The largest absolute Gasteiger partial charge is 0.490 e. The normalized spacial score (nSPS) is 10.8. The van der Waals surface area contributed by atoms with E-state index in [0.717, 1.165) is 4.68 Å². The maximum atomic E-state index is 12.3. The van der Waals surface area contributed by atoms with Crippen LogP contribution in [0.15, 0.2) is 29.1 Å². The highest BCUT2D eigenvalue weighted by Crippen LogP contribution is 2.21. The maximum absolute atomic E-state index is 12.3. The Labute approximate surface area is 181 Å². The number of aliphatic carboxylic acids is 2. The summed E-state index contributed by atoms with van der Waals surface area (Å²) in [5, 5.41) is 23.5. The van der Waals surface area contributed by atoms with Crippen LogP contribution < -0.4 is 10.9 Å². The molecule has 0 atom stereocenters. The quantitative estimate of drug-likeness (QED) is 0.382. The van der Waals surface area contributed by atoms with Crippen molar-refractivity contribution in [2.24, 2.45) is 7.05 Å². The molecule has 0 spiro atoms. The van der Waals surface area contributed by atoms with Gasteiger partial charge in [-0.3, -0.25) is 14.4 Å². The van der Waals surface area contributed by atoms with Crippen molar-refractivity contribution < 1.29 is 37.8 Å². The zero-order valence-electron chi connectivity index (χ0n) is 16.0. The van der Waals surface area contributed by atoms with Crippen molar-refractivity contribution in [2.45, 2.75) is 12.6 Å². The van der Waals surface area contributed by atoms with E-state index < -0.39 is 18.1 Å². The molecule has 3 N–H and O–H groups in total. The van der Waals surface area contributed by atoms with Crippen molar-refractivity contribution in [3.8, 4) is 0 Å². The number of carboxylic acid groups (broad SMARTS) is 2. The Hall–Kier alpha value is -2.74. The number of aryl methyl sites for hydroxylation is 1. The minimum absolute atomic E-state index is 0.123. The molecule has 2 aromatic rings. The molecule has 0 bridgehead atoms. The van der Waals surface area contributed by atoms with Crippen LogP contribution in [0, 0.1) is 0 Å². The first-order valence-corrected chi connectivity index (χ1v) is 10.9. The summed E-state index contributed by atoms with van der Waals surface area (Å²) in [4.78, 5) is 43.6. The number of nitrogens with one attached hydrogen (secondary N) is 1. The number of amides is 1. The summed E-state index contributed by atoms with van der Waals surface area (Å²) >= 11 is 0. The minimum Gasteiger partial charge on any atom is -0.481 e. The average molecular weight is 481 g/mol. The molecular formula is C17H18F3N3O6S2. The van der Waals surface area contributed by atoms with Crippen LogP contribution in [-0.4, -0.2) is 62.1 Å². The van der Waals surface area contributed by atoms with Crippen LogP contribution in [-0.2, 0) is 16.6 Å². The van der Waals surface area contributed by atoms with Crippen molar-refractivity contribution in [3.63, 3.8) is 0 Å². The second kappa shape index (κ2) is 12.2. The Bertz CT molecular complexity index is 997. The van der Waals surface area contributed by atoms with Gasteiger partial charge in [0, 0.05) is 30.5 Å². The molecule has 1 heterocycles. The number of benzene rings is 1. The molecule has 1 aromatic heterocycles. The van der Waals surface area contributed by atoms with Crippen LogP contribution in [0.5, 0.6) is 0 Å². The van der Waals surface area contributed by atoms with Gasteiger partial charge in [0.15, 0.2) is 5.69 Å². The highest BCUT2D eigenvalue weighted by Gasteiger charge is 2.38. The van der Waals surface area contributed by atoms with E-state index in [2.05, 4.69) is 10.4 Å². The van der Waals surface area contributed by atoms with E-state index in [-0.39, 0.29) is 23.6 Å². The Morgan fingerprint density at radius 3 is 2.19 bits per heavy atom. The highest BCUT2D eigenvalue weighted by molar-refractivity contribution is 8.76. The molecule has 0 radical (unpaired) electrons. The van der Waals surface area contributed by atoms with E-state index in [1.165, 1.54) is 28.6 Å². The zero-order chi connectivity index (χ0) is 23.6. The lowest BCUT2D eigenvalue weighted by atomic mass is 10.1. The number of hydrogen-bond donors (Lipinski definition) is 3. The van der Waals surface area contributed by atoms with E-state index in [4.69, 9.17) is 15.0 Å². The number of carbonyl (C=O) groups is 3. The molecule has 14 heteroatoms. The Morgan fingerprint density at radius 1 is 1.10 bits per heavy atom. The highest BCUT2D eigenvalue weighted by atomic mass is 33.1. The molecule has 0 unspecified atom stereocenters. The van der Waals surface area contributed by atoms with Crippen LogP contribution >= 0.6 is 21.6 Å². The van der Waals surface area contributed by atoms with Crippen LogP contribution in [0.4, 0.5) is 13.2 Å². The first-order chi connectivity index (χ1) is 14.4. The first-order valence-electron chi connectivity index (χ1n) is 8.45. The molecule has 0 aliphatic carbocycles. The van der Waals surface area contributed by atoms with Crippen LogP contribution in [0.1, 0.15) is 16.9 Å². The number of fused-ring (bicyclic) bond motifs is 1. The van der Waals surface area contributed by atoms with E-state index in [9.17, 15) is 27.6 Å². The second-order valence-corrected chi connectivity index (χ2v) is 8.37. The lowest BCUT2D eigenvalue weighted by molar-refractivity contribution is -0.192. The fourth-order valence-corrected chi connectivity index (χ4v) is 3.89. The third-order valence-electron chi connectivity index (χ3n) is 3.37. The fourth-order valence-electron chi connectivity index (χ4n) is 2.00. The van der Waals surface area contributed by atoms with Gasteiger partial charge in [-0.1, -0.05) is 39.8 Å². The molecule has 0 saturated heterocycles. The molecule has 2 rings (SSSR count). The third kappa shape index (κ3) is 8.88. The summed E-state index contributed by atoms with van der Waals surface area (Å²) < 4.78 is 32.9. The van der Waals surface area contributed by atoms with Crippen molar-refractivity contribution in [3.05, 3.63) is 40.3 Å². The van der Waals surface area contributed by atoms with Crippen molar-refractivity contribution >= 4 is 50.2 Å². The summed E-state index contributed by atoms with van der Waals surface area (Å²) in [6.07, 6.45) is -4.96. The smallest absolute Gasteiger partial charge is 0.481 e.